The largest absolute Gasteiger partial charge is 0.496 e. The summed E-state index contributed by atoms with van der Waals surface area (Å²) in [5.74, 6) is 1.82. The standard InChI is InChI=1S/C24H31NO7/c1-16-11-18(32-15-17-12-21(29-3)22(30-4)13-20(17)28-2)5-6-19(16)23-14-25(9-10-31-23)8-7-24(26)27/h5-6,11-13,23H,7-10,14-15H2,1-4H3,(H,26,27). The lowest BCUT2D eigenvalue weighted by atomic mass is 10.0. The molecule has 32 heavy (non-hydrogen) atoms. The van der Waals surface area contributed by atoms with Gasteiger partial charge in [-0.05, 0) is 36.2 Å². The van der Waals surface area contributed by atoms with Gasteiger partial charge in [-0.15, -0.1) is 0 Å². The minimum atomic E-state index is -0.781. The number of hydrogen-bond acceptors (Lipinski definition) is 7. The number of hydrogen-bond donors (Lipinski definition) is 1. The van der Waals surface area contributed by atoms with Crippen LogP contribution in [-0.4, -0.2) is 63.5 Å². The van der Waals surface area contributed by atoms with Crippen LogP contribution < -0.4 is 18.9 Å². The molecule has 1 unspecified atom stereocenters. The Labute approximate surface area is 188 Å². The lowest BCUT2D eigenvalue weighted by Gasteiger charge is -2.33. The van der Waals surface area contributed by atoms with Gasteiger partial charge in [0, 0.05) is 31.3 Å². The van der Waals surface area contributed by atoms with Crippen molar-refractivity contribution in [1.82, 2.24) is 4.90 Å². The molecule has 1 fully saturated rings. The van der Waals surface area contributed by atoms with Crippen molar-refractivity contribution < 1.29 is 33.6 Å². The molecule has 0 spiro atoms. The highest BCUT2D eigenvalue weighted by Gasteiger charge is 2.23. The summed E-state index contributed by atoms with van der Waals surface area (Å²) in [6.07, 6.45) is 0.0514. The van der Waals surface area contributed by atoms with E-state index in [9.17, 15) is 4.79 Å². The van der Waals surface area contributed by atoms with E-state index in [-0.39, 0.29) is 12.5 Å². The zero-order valence-electron chi connectivity index (χ0n) is 19.1. The predicted molar refractivity (Wildman–Crippen MR) is 119 cm³/mol. The Morgan fingerprint density at radius 1 is 1.09 bits per heavy atom. The van der Waals surface area contributed by atoms with Crippen LogP contribution in [-0.2, 0) is 16.1 Å². The summed E-state index contributed by atoms with van der Waals surface area (Å²) in [5, 5.41) is 8.93. The quantitative estimate of drug-likeness (QED) is 0.595. The van der Waals surface area contributed by atoms with Gasteiger partial charge in [-0.25, -0.2) is 0 Å². The van der Waals surface area contributed by atoms with Crippen LogP contribution in [0, 0.1) is 6.92 Å². The van der Waals surface area contributed by atoms with Crippen LogP contribution >= 0.6 is 0 Å². The van der Waals surface area contributed by atoms with Gasteiger partial charge < -0.3 is 28.8 Å². The summed E-state index contributed by atoms with van der Waals surface area (Å²) in [6, 6.07) is 9.56. The first kappa shape index (κ1) is 23.7. The third kappa shape index (κ3) is 5.83. The summed E-state index contributed by atoms with van der Waals surface area (Å²) >= 11 is 0. The summed E-state index contributed by atoms with van der Waals surface area (Å²) in [6.45, 7) is 4.88. The molecule has 174 valence electrons. The van der Waals surface area contributed by atoms with Crippen LogP contribution in [0.4, 0.5) is 0 Å². The number of benzene rings is 2. The highest BCUT2D eigenvalue weighted by molar-refractivity contribution is 5.66. The summed E-state index contributed by atoms with van der Waals surface area (Å²) < 4.78 is 28.2. The number of morpholine rings is 1. The molecular formula is C24H31NO7. The molecule has 8 nitrogen and oxygen atoms in total. The molecule has 0 saturated carbocycles. The molecule has 1 atom stereocenters. The average molecular weight is 446 g/mol. The zero-order valence-corrected chi connectivity index (χ0v) is 19.1. The van der Waals surface area contributed by atoms with Crippen molar-refractivity contribution in [2.24, 2.45) is 0 Å². The Morgan fingerprint density at radius 3 is 2.47 bits per heavy atom. The number of rotatable bonds is 10. The molecule has 0 radical (unpaired) electrons. The normalized spacial score (nSPS) is 16.4. The number of carbonyl (C=O) groups is 1. The predicted octanol–water partition coefficient (Wildman–Crippen LogP) is 3.45. The Balaban J connectivity index is 1.68. The molecule has 0 aliphatic carbocycles. The summed E-state index contributed by atoms with van der Waals surface area (Å²) in [7, 11) is 4.78. The van der Waals surface area contributed by atoms with E-state index >= 15 is 0 Å². The van der Waals surface area contributed by atoms with Gasteiger partial charge in [0.2, 0.25) is 0 Å². The Hall–Kier alpha value is -2.97. The van der Waals surface area contributed by atoms with Crippen molar-refractivity contribution in [3.63, 3.8) is 0 Å². The summed E-state index contributed by atoms with van der Waals surface area (Å²) in [4.78, 5) is 13.0. The van der Waals surface area contributed by atoms with Gasteiger partial charge in [-0.2, -0.15) is 0 Å². The highest BCUT2D eigenvalue weighted by Crippen LogP contribution is 2.35. The van der Waals surface area contributed by atoms with Crippen LogP contribution in [0.1, 0.15) is 29.2 Å². The fourth-order valence-corrected chi connectivity index (χ4v) is 3.81. The first-order valence-corrected chi connectivity index (χ1v) is 10.5. The smallest absolute Gasteiger partial charge is 0.304 e. The first-order chi connectivity index (χ1) is 15.4. The second-order valence-electron chi connectivity index (χ2n) is 7.63. The van der Waals surface area contributed by atoms with E-state index in [1.807, 2.05) is 31.2 Å². The van der Waals surface area contributed by atoms with Crippen LogP contribution in [0.25, 0.3) is 0 Å². The molecule has 1 saturated heterocycles. The van der Waals surface area contributed by atoms with Gasteiger partial charge in [-0.3, -0.25) is 9.69 Å². The van der Waals surface area contributed by atoms with Crippen LogP contribution in [0.2, 0.25) is 0 Å². The molecule has 1 aliphatic heterocycles. The van der Waals surface area contributed by atoms with Crippen molar-refractivity contribution in [3.05, 3.63) is 47.0 Å². The Bertz CT molecular complexity index is 931. The van der Waals surface area contributed by atoms with E-state index in [0.29, 0.717) is 43.6 Å². The molecule has 3 rings (SSSR count). The van der Waals surface area contributed by atoms with Crippen molar-refractivity contribution in [2.45, 2.75) is 26.1 Å². The molecule has 1 N–H and O–H groups in total. The van der Waals surface area contributed by atoms with Gasteiger partial charge >= 0.3 is 5.97 Å². The van der Waals surface area contributed by atoms with Crippen molar-refractivity contribution >= 4 is 5.97 Å². The minimum absolute atomic E-state index is 0.0856. The Kier molecular flexibility index (Phi) is 8.19. The van der Waals surface area contributed by atoms with Gasteiger partial charge in [0.1, 0.15) is 18.1 Å². The number of carboxylic acid groups (broad SMARTS) is 1. The zero-order chi connectivity index (χ0) is 23.1. The molecule has 1 aliphatic rings. The first-order valence-electron chi connectivity index (χ1n) is 10.5. The van der Waals surface area contributed by atoms with Crippen LogP contribution in [0.5, 0.6) is 23.0 Å². The van der Waals surface area contributed by atoms with Crippen LogP contribution in [0.3, 0.4) is 0 Å². The number of aryl methyl sites for hydroxylation is 1. The third-order valence-electron chi connectivity index (χ3n) is 5.56. The van der Waals surface area contributed by atoms with Gasteiger partial charge in [0.15, 0.2) is 11.5 Å². The molecule has 2 aromatic rings. The fourth-order valence-electron chi connectivity index (χ4n) is 3.81. The second kappa shape index (κ2) is 11.1. The fraction of sp³-hybridized carbons (Fsp3) is 0.458. The average Bonchev–Trinajstić information content (AvgIpc) is 2.81. The molecule has 8 heteroatoms. The van der Waals surface area contributed by atoms with E-state index in [1.54, 1.807) is 27.4 Å². The van der Waals surface area contributed by atoms with Crippen molar-refractivity contribution in [2.75, 3.05) is 47.6 Å². The van der Waals surface area contributed by atoms with E-state index in [1.165, 1.54) is 0 Å². The maximum atomic E-state index is 10.9. The van der Waals surface area contributed by atoms with E-state index in [4.69, 9.17) is 28.8 Å². The van der Waals surface area contributed by atoms with Gasteiger partial charge in [-0.1, -0.05) is 6.07 Å². The molecule has 0 amide bonds. The highest BCUT2D eigenvalue weighted by atomic mass is 16.5. The number of nitrogens with zero attached hydrogens (tertiary/aromatic N) is 1. The lowest BCUT2D eigenvalue weighted by Crippen LogP contribution is -2.39. The van der Waals surface area contributed by atoms with Crippen LogP contribution in [0.15, 0.2) is 30.3 Å². The van der Waals surface area contributed by atoms with E-state index in [0.717, 1.165) is 29.0 Å². The van der Waals surface area contributed by atoms with Crippen molar-refractivity contribution in [3.8, 4) is 23.0 Å². The van der Waals surface area contributed by atoms with Crippen molar-refractivity contribution in [1.29, 1.82) is 0 Å². The van der Waals surface area contributed by atoms with E-state index in [2.05, 4.69) is 4.90 Å². The minimum Gasteiger partial charge on any atom is -0.496 e. The molecule has 0 bridgehead atoms. The maximum Gasteiger partial charge on any atom is 0.304 e. The van der Waals surface area contributed by atoms with E-state index < -0.39 is 5.97 Å². The SMILES string of the molecule is COc1cc(OC)c(OC)cc1COc1ccc(C2CN(CCC(=O)O)CCO2)c(C)c1. The van der Waals surface area contributed by atoms with Gasteiger partial charge in [0.05, 0.1) is 40.5 Å². The third-order valence-corrected chi connectivity index (χ3v) is 5.56. The molecule has 0 aromatic heterocycles. The molecule has 2 aromatic carbocycles. The number of methoxy groups -OCH3 is 3. The maximum absolute atomic E-state index is 10.9. The topological polar surface area (TPSA) is 86.7 Å². The second-order valence-corrected chi connectivity index (χ2v) is 7.63. The van der Waals surface area contributed by atoms with Gasteiger partial charge in [0.25, 0.3) is 0 Å². The monoisotopic (exact) mass is 445 g/mol. The molecular weight excluding hydrogens is 414 g/mol. The molecule has 1 heterocycles. The number of ether oxygens (including phenoxy) is 5. The number of carboxylic acids is 1. The summed E-state index contributed by atoms with van der Waals surface area (Å²) in [5.41, 5.74) is 2.99. The lowest BCUT2D eigenvalue weighted by molar-refractivity contribution is -0.137. The number of aliphatic carboxylic acids is 1. The Morgan fingerprint density at radius 2 is 1.81 bits per heavy atom.